The number of ether oxygens (including phenoxy) is 3. The van der Waals surface area contributed by atoms with Gasteiger partial charge in [0, 0.05) is 18.2 Å². The normalized spacial score (nSPS) is 14.9. The number of amides is 1. The monoisotopic (exact) mass is 412 g/mol. The van der Waals surface area contributed by atoms with Crippen molar-refractivity contribution in [1.82, 2.24) is 10.2 Å². The fourth-order valence-electron chi connectivity index (χ4n) is 3.98. The molecule has 0 bridgehead atoms. The van der Waals surface area contributed by atoms with Crippen molar-refractivity contribution < 1.29 is 19.0 Å². The molecule has 1 N–H and O–H groups in total. The second-order valence-electron chi connectivity index (χ2n) is 7.71. The first kappa shape index (κ1) is 22.0. The van der Waals surface area contributed by atoms with E-state index in [1.807, 2.05) is 6.07 Å². The highest BCUT2D eigenvalue weighted by Crippen LogP contribution is 2.34. The van der Waals surface area contributed by atoms with Gasteiger partial charge in [-0.1, -0.05) is 30.3 Å². The van der Waals surface area contributed by atoms with Crippen molar-refractivity contribution in [2.75, 3.05) is 41.0 Å². The Bertz CT molecular complexity index is 817. The number of hydrogen-bond donors (Lipinski definition) is 1. The van der Waals surface area contributed by atoms with Gasteiger partial charge in [-0.2, -0.15) is 0 Å². The number of rotatable bonds is 9. The molecule has 6 nitrogen and oxygen atoms in total. The lowest BCUT2D eigenvalue weighted by Crippen LogP contribution is -2.41. The first-order valence-corrected chi connectivity index (χ1v) is 10.4. The molecule has 2 aromatic carbocycles. The highest BCUT2D eigenvalue weighted by molar-refractivity contribution is 5.78. The zero-order valence-corrected chi connectivity index (χ0v) is 18.1. The van der Waals surface area contributed by atoms with Crippen LogP contribution in [0, 0.1) is 5.92 Å². The number of likely N-dealkylation sites (tertiary alicyclic amines) is 1. The molecule has 1 heterocycles. The van der Waals surface area contributed by atoms with Gasteiger partial charge < -0.3 is 19.5 Å². The van der Waals surface area contributed by atoms with Crippen LogP contribution >= 0.6 is 0 Å². The summed E-state index contributed by atoms with van der Waals surface area (Å²) in [7, 11) is 4.78. The van der Waals surface area contributed by atoms with Gasteiger partial charge in [0.15, 0.2) is 11.5 Å². The average Bonchev–Trinajstić information content (AvgIpc) is 2.79. The molecule has 1 aliphatic rings. The lowest BCUT2D eigenvalue weighted by molar-refractivity contribution is -0.122. The van der Waals surface area contributed by atoms with Crippen LogP contribution in [0.5, 0.6) is 17.2 Å². The molecule has 3 rings (SSSR count). The number of nitrogens with one attached hydrogen (secondary N) is 1. The van der Waals surface area contributed by atoms with Crippen molar-refractivity contribution in [3.63, 3.8) is 0 Å². The molecule has 0 spiro atoms. The topological polar surface area (TPSA) is 60.0 Å². The largest absolute Gasteiger partial charge is 0.496 e. The van der Waals surface area contributed by atoms with Crippen molar-refractivity contribution in [1.29, 1.82) is 0 Å². The Kier molecular flexibility index (Phi) is 7.97. The van der Waals surface area contributed by atoms with E-state index in [1.165, 1.54) is 5.56 Å². The Balaban J connectivity index is 1.46. The van der Waals surface area contributed by atoms with E-state index in [0.717, 1.165) is 37.9 Å². The molecule has 0 unspecified atom stereocenters. The molecular weight excluding hydrogens is 380 g/mol. The standard InChI is InChI=1S/C24H32N2O4/c1-28-21-15-23(30-3)22(29-2)14-20(21)16-25-24(27)17-26-11-9-19(10-12-26)13-18-7-5-4-6-8-18/h4-8,14-15,19H,9-13,16-17H2,1-3H3,(H,25,27). The molecule has 162 valence electrons. The van der Waals surface area contributed by atoms with Gasteiger partial charge in [-0.3, -0.25) is 9.69 Å². The van der Waals surface area contributed by atoms with Crippen molar-refractivity contribution in [2.45, 2.75) is 25.8 Å². The summed E-state index contributed by atoms with van der Waals surface area (Å²) < 4.78 is 16.1. The summed E-state index contributed by atoms with van der Waals surface area (Å²) in [6.45, 7) is 2.73. The quantitative estimate of drug-likeness (QED) is 0.685. The zero-order valence-electron chi connectivity index (χ0n) is 18.1. The van der Waals surface area contributed by atoms with Gasteiger partial charge >= 0.3 is 0 Å². The molecule has 0 saturated carbocycles. The summed E-state index contributed by atoms with van der Waals surface area (Å²) in [5.74, 6) is 2.59. The van der Waals surface area contributed by atoms with Crippen molar-refractivity contribution >= 4 is 5.91 Å². The Morgan fingerprint density at radius 3 is 2.23 bits per heavy atom. The minimum atomic E-state index is 0.0216. The third kappa shape index (κ3) is 5.89. The summed E-state index contributed by atoms with van der Waals surface area (Å²) in [6.07, 6.45) is 3.39. The van der Waals surface area contributed by atoms with Gasteiger partial charge in [-0.05, 0) is 49.9 Å². The Morgan fingerprint density at radius 2 is 1.60 bits per heavy atom. The molecule has 30 heavy (non-hydrogen) atoms. The first-order chi connectivity index (χ1) is 14.6. The maximum atomic E-state index is 12.5. The van der Waals surface area contributed by atoms with Crippen LogP contribution in [0.2, 0.25) is 0 Å². The van der Waals surface area contributed by atoms with Crippen LogP contribution in [0.25, 0.3) is 0 Å². The van der Waals surface area contributed by atoms with Crippen LogP contribution in [0.4, 0.5) is 0 Å². The Hall–Kier alpha value is -2.73. The Labute approximate surface area is 179 Å². The van der Waals surface area contributed by atoms with Crippen molar-refractivity contribution in [3.8, 4) is 17.2 Å². The van der Waals surface area contributed by atoms with Gasteiger partial charge in [0.1, 0.15) is 5.75 Å². The van der Waals surface area contributed by atoms with Gasteiger partial charge in [0.2, 0.25) is 5.91 Å². The van der Waals surface area contributed by atoms with E-state index in [-0.39, 0.29) is 5.91 Å². The summed E-state index contributed by atoms with van der Waals surface area (Å²) in [6, 6.07) is 14.3. The number of nitrogens with zero attached hydrogens (tertiary/aromatic N) is 1. The Morgan fingerprint density at radius 1 is 0.967 bits per heavy atom. The number of methoxy groups -OCH3 is 3. The zero-order chi connectivity index (χ0) is 21.3. The smallest absolute Gasteiger partial charge is 0.234 e. The third-order valence-electron chi connectivity index (χ3n) is 5.70. The molecule has 0 atom stereocenters. The summed E-state index contributed by atoms with van der Waals surface area (Å²) in [4.78, 5) is 14.7. The lowest BCUT2D eigenvalue weighted by atomic mass is 9.90. The molecule has 1 amide bonds. The molecule has 1 saturated heterocycles. The third-order valence-corrected chi connectivity index (χ3v) is 5.70. The second kappa shape index (κ2) is 10.9. The van der Waals surface area contributed by atoms with Gasteiger partial charge in [0.05, 0.1) is 27.9 Å². The van der Waals surface area contributed by atoms with Crippen LogP contribution in [-0.2, 0) is 17.8 Å². The van der Waals surface area contributed by atoms with Gasteiger partial charge in [0.25, 0.3) is 0 Å². The van der Waals surface area contributed by atoms with E-state index in [4.69, 9.17) is 14.2 Å². The molecule has 0 aromatic heterocycles. The lowest BCUT2D eigenvalue weighted by Gasteiger charge is -2.31. The van der Waals surface area contributed by atoms with Crippen LogP contribution in [-0.4, -0.2) is 51.8 Å². The minimum Gasteiger partial charge on any atom is -0.496 e. The fourth-order valence-corrected chi connectivity index (χ4v) is 3.98. The number of piperidine rings is 1. The highest BCUT2D eigenvalue weighted by Gasteiger charge is 2.21. The molecule has 0 radical (unpaired) electrons. The molecule has 6 heteroatoms. The van der Waals surface area contributed by atoms with E-state index < -0.39 is 0 Å². The SMILES string of the molecule is COc1cc(OC)c(OC)cc1CNC(=O)CN1CCC(Cc2ccccc2)CC1. The van der Waals surface area contributed by atoms with Gasteiger partial charge in [-0.25, -0.2) is 0 Å². The molecular formula is C24H32N2O4. The maximum Gasteiger partial charge on any atom is 0.234 e. The molecule has 1 fully saturated rings. The summed E-state index contributed by atoms with van der Waals surface area (Å²) in [5, 5.41) is 3.00. The van der Waals surface area contributed by atoms with E-state index in [1.54, 1.807) is 27.4 Å². The van der Waals surface area contributed by atoms with Crippen LogP contribution in [0.3, 0.4) is 0 Å². The van der Waals surface area contributed by atoms with E-state index in [9.17, 15) is 4.79 Å². The van der Waals surface area contributed by atoms with E-state index in [2.05, 4.69) is 40.5 Å². The number of carbonyl (C=O) groups excluding carboxylic acids is 1. The van der Waals surface area contributed by atoms with Crippen LogP contribution in [0.1, 0.15) is 24.0 Å². The highest BCUT2D eigenvalue weighted by atomic mass is 16.5. The number of hydrogen-bond acceptors (Lipinski definition) is 5. The predicted octanol–water partition coefficient (Wildman–Crippen LogP) is 3.28. The fraction of sp³-hybridized carbons (Fsp3) is 0.458. The second-order valence-corrected chi connectivity index (χ2v) is 7.71. The van der Waals surface area contributed by atoms with Gasteiger partial charge in [-0.15, -0.1) is 0 Å². The van der Waals surface area contributed by atoms with Crippen molar-refractivity contribution in [2.24, 2.45) is 5.92 Å². The van der Waals surface area contributed by atoms with Crippen molar-refractivity contribution in [3.05, 3.63) is 53.6 Å². The number of carbonyl (C=O) groups is 1. The van der Waals surface area contributed by atoms with Crippen LogP contribution in [0.15, 0.2) is 42.5 Å². The molecule has 2 aromatic rings. The minimum absolute atomic E-state index is 0.0216. The van der Waals surface area contributed by atoms with E-state index >= 15 is 0 Å². The maximum absolute atomic E-state index is 12.5. The predicted molar refractivity (Wildman–Crippen MR) is 117 cm³/mol. The first-order valence-electron chi connectivity index (χ1n) is 10.4. The summed E-state index contributed by atoms with van der Waals surface area (Å²) >= 11 is 0. The average molecular weight is 413 g/mol. The number of benzene rings is 2. The van der Waals surface area contributed by atoms with Crippen LogP contribution < -0.4 is 19.5 Å². The van der Waals surface area contributed by atoms with E-state index in [0.29, 0.717) is 36.3 Å². The molecule has 0 aliphatic carbocycles. The summed E-state index contributed by atoms with van der Waals surface area (Å²) in [5.41, 5.74) is 2.25. The molecule has 1 aliphatic heterocycles.